The summed E-state index contributed by atoms with van der Waals surface area (Å²) in [4.78, 5) is 70.9. The van der Waals surface area contributed by atoms with Crippen molar-refractivity contribution >= 4 is 35.2 Å². The Morgan fingerprint density at radius 2 is 1.58 bits per heavy atom. The Labute approximate surface area is 277 Å². The fraction of sp³-hybridized carbons (Fsp3) is 0.361. The average molecular weight is 652 g/mol. The van der Waals surface area contributed by atoms with Crippen molar-refractivity contribution in [2.24, 2.45) is 0 Å². The molecule has 5 amide bonds. The standard InChI is InChI=1S/C36H37N5O7/c1-20(2)26-15-28(31(43)16-30(26)42)34(46)40-18-22-4-3-21(13-23(22)19-40)17-38-9-11-39(12-10-38)24-5-6-25-27(14-24)36(48)41(35(25)47)29-7-8-32(44)37-33(29)45/h3-6,13-16,20,29,42-43H,7-12,17-19H2,1-2H3,(H,37,44,45). The number of phenolic OH excluding ortho intramolecular Hbond substituents is 2. The maximum absolute atomic E-state index is 13.4. The second kappa shape index (κ2) is 12.1. The van der Waals surface area contributed by atoms with Gasteiger partial charge in [-0.1, -0.05) is 32.0 Å². The second-order valence-corrected chi connectivity index (χ2v) is 13.3. The Morgan fingerprint density at radius 3 is 2.31 bits per heavy atom. The number of fused-ring (bicyclic) bond motifs is 2. The van der Waals surface area contributed by atoms with Crippen molar-refractivity contribution in [3.63, 3.8) is 0 Å². The summed E-state index contributed by atoms with van der Waals surface area (Å²) < 4.78 is 0. The van der Waals surface area contributed by atoms with E-state index in [4.69, 9.17) is 0 Å². The van der Waals surface area contributed by atoms with Crippen LogP contribution in [0.25, 0.3) is 0 Å². The van der Waals surface area contributed by atoms with Crippen molar-refractivity contribution in [3.8, 4) is 11.5 Å². The zero-order chi connectivity index (χ0) is 33.9. The molecule has 3 N–H and O–H groups in total. The summed E-state index contributed by atoms with van der Waals surface area (Å²) in [5.74, 6) is -2.58. The van der Waals surface area contributed by atoms with E-state index in [1.807, 2.05) is 19.9 Å². The lowest BCUT2D eigenvalue weighted by Crippen LogP contribution is -2.54. The lowest BCUT2D eigenvalue weighted by atomic mass is 9.98. The highest BCUT2D eigenvalue weighted by Crippen LogP contribution is 2.35. The van der Waals surface area contributed by atoms with Crippen molar-refractivity contribution in [2.45, 2.75) is 58.3 Å². The quantitative estimate of drug-likeness (QED) is 0.342. The predicted molar refractivity (Wildman–Crippen MR) is 174 cm³/mol. The van der Waals surface area contributed by atoms with Crippen LogP contribution in [0.15, 0.2) is 48.5 Å². The van der Waals surface area contributed by atoms with Crippen LogP contribution in [0.2, 0.25) is 0 Å². The van der Waals surface area contributed by atoms with Crippen LogP contribution in [-0.2, 0) is 29.2 Å². The maximum Gasteiger partial charge on any atom is 0.262 e. The van der Waals surface area contributed by atoms with E-state index in [-0.39, 0.29) is 52.9 Å². The van der Waals surface area contributed by atoms with Gasteiger partial charge < -0.3 is 20.0 Å². The molecule has 0 radical (unpaired) electrons. The zero-order valence-electron chi connectivity index (χ0n) is 26.9. The number of carbonyl (C=O) groups is 5. The van der Waals surface area contributed by atoms with Gasteiger partial charge >= 0.3 is 0 Å². The molecule has 0 aliphatic carbocycles. The SMILES string of the molecule is CC(C)c1cc(C(=O)N2Cc3ccc(CN4CCN(c5ccc6c(c5)C(=O)N(C5CCC(=O)NC5=O)C6=O)CC4)cc3C2)c(O)cc1O. The lowest BCUT2D eigenvalue weighted by molar-refractivity contribution is -0.136. The normalized spacial score (nSPS) is 19.6. The Kier molecular flexibility index (Phi) is 7.90. The van der Waals surface area contributed by atoms with Crippen LogP contribution in [0.4, 0.5) is 5.69 Å². The van der Waals surface area contributed by atoms with Crippen LogP contribution >= 0.6 is 0 Å². The van der Waals surface area contributed by atoms with Gasteiger partial charge in [-0.05, 0) is 58.9 Å². The number of amides is 5. The molecule has 12 nitrogen and oxygen atoms in total. The van der Waals surface area contributed by atoms with Crippen LogP contribution in [0.1, 0.15) is 85.9 Å². The second-order valence-electron chi connectivity index (χ2n) is 13.3. The number of nitrogens with zero attached hydrogens (tertiary/aromatic N) is 4. The van der Waals surface area contributed by atoms with Gasteiger partial charge in [0, 0.05) is 64.0 Å². The van der Waals surface area contributed by atoms with Crippen LogP contribution in [-0.4, -0.2) is 86.7 Å². The summed E-state index contributed by atoms with van der Waals surface area (Å²) in [6.45, 7) is 8.48. The van der Waals surface area contributed by atoms with E-state index in [9.17, 15) is 34.2 Å². The van der Waals surface area contributed by atoms with Crippen LogP contribution < -0.4 is 10.2 Å². The summed E-state index contributed by atoms with van der Waals surface area (Å²) in [7, 11) is 0. The molecule has 7 rings (SSSR count). The molecule has 4 aliphatic heterocycles. The van der Waals surface area contributed by atoms with Crippen molar-refractivity contribution in [1.82, 2.24) is 20.0 Å². The van der Waals surface area contributed by atoms with E-state index in [1.54, 1.807) is 23.1 Å². The van der Waals surface area contributed by atoms with Crippen LogP contribution in [0.3, 0.4) is 0 Å². The number of piperidine rings is 1. The zero-order valence-corrected chi connectivity index (χ0v) is 26.9. The molecular formula is C36H37N5O7. The molecule has 1 unspecified atom stereocenters. The maximum atomic E-state index is 13.4. The summed E-state index contributed by atoms with van der Waals surface area (Å²) in [5, 5.41) is 22.8. The number of aromatic hydroxyl groups is 2. The Morgan fingerprint density at radius 1 is 0.854 bits per heavy atom. The number of rotatable bonds is 6. The van der Waals surface area contributed by atoms with E-state index >= 15 is 0 Å². The minimum absolute atomic E-state index is 0.00143. The van der Waals surface area contributed by atoms with Crippen molar-refractivity contribution in [3.05, 3.63) is 87.5 Å². The fourth-order valence-corrected chi connectivity index (χ4v) is 7.17. The van der Waals surface area contributed by atoms with Crippen LogP contribution in [0, 0.1) is 0 Å². The molecule has 3 aromatic rings. The first kappa shape index (κ1) is 31.4. The first-order valence-corrected chi connectivity index (χ1v) is 16.3. The van der Waals surface area contributed by atoms with E-state index in [0.29, 0.717) is 18.7 Å². The number of hydrogen-bond donors (Lipinski definition) is 3. The van der Waals surface area contributed by atoms with Crippen molar-refractivity contribution in [1.29, 1.82) is 0 Å². The number of carbonyl (C=O) groups excluding carboxylic acids is 5. The van der Waals surface area contributed by atoms with E-state index in [1.165, 1.54) is 6.07 Å². The summed E-state index contributed by atoms with van der Waals surface area (Å²) in [6, 6.07) is 13.3. The highest BCUT2D eigenvalue weighted by molar-refractivity contribution is 6.23. The number of anilines is 1. The molecule has 3 aromatic carbocycles. The molecule has 2 fully saturated rings. The van der Waals surface area contributed by atoms with Gasteiger partial charge in [-0.25, -0.2) is 0 Å². The number of imide groups is 2. The number of phenols is 2. The number of hydrogen-bond acceptors (Lipinski definition) is 9. The molecule has 0 bridgehead atoms. The molecule has 12 heteroatoms. The summed E-state index contributed by atoms with van der Waals surface area (Å²) in [5.41, 5.74) is 5.47. The van der Waals surface area contributed by atoms with Gasteiger partial charge in [0.2, 0.25) is 11.8 Å². The largest absolute Gasteiger partial charge is 0.508 e. The Hall–Kier alpha value is -5.23. The van der Waals surface area contributed by atoms with Crippen molar-refractivity contribution < 1.29 is 34.2 Å². The Balaban J connectivity index is 0.967. The first-order valence-electron chi connectivity index (χ1n) is 16.3. The topological polar surface area (TPSA) is 151 Å². The first-order chi connectivity index (χ1) is 23.0. The molecule has 4 aliphatic rings. The molecule has 4 heterocycles. The van der Waals surface area contributed by atoms with Crippen LogP contribution in [0.5, 0.6) is 11.5 Å². The minimum Gasteiger partial charge on any atom is -0.508 e. The van der Waals surface area contributed by atoms with Gasteiger partial charge in [0.05, 0.1) is 16.7 Å². The number of piperazine rings is 1. The fourth-order valence-electron chi connectivity index (χ4n) is 7.17. The predicted octanol–water partition coefficient (Wildman–Crippen LogP) is 3.10. The molecular weight excluding hydrogens is 614 g/mol. The monoisotopic (exact) mass is 651 g/mol. The highest BCUT2D eigenvalue weighted by Gasteiger charge is 2.44. The Bertz CT molecular complexity index is 1880. The lowest BCUT2D eigenvalue weighted by Gasteiger charge is -2.36. The van der Waals surface area contributed by atoms with Gasteiger partial charge in [0.1, 0.15) is 17.5 Å². The summed E-state index contributed by atoms with van der Waals surface area (Å²) in [6.07, 6.45) is 0.198. The molecule has 0 aromatic heterocycles. The van der Waals surface area contributed by atoms with E-state index in [2.05, 4.69) is 33.3 Å². The molecule has 0 spiro atoms. The average Bonchev–Trinajstić information content (AvgIpc) is 3.59. The molecule has 1 atom stereocenters. The third-order valence-corrected chi connectivity index (χ3v) is 9.84. The van der Waals surface area contributed by atoms with Gasteiger partial charge in [-0.3, -0.25) is 39.1 Å². The number of benzene rings is 3. The highest BCUT2D eigenvalue weighted by atomic mass is 16.3. The van der Waals surface area contributed by atoms with Crippen molar-refractivity contribution in [2.75, 3.05) is 31.1 Å². The smallest absolute Gasteiger partial charge is 0.262 e. The van der Waals surface area contributed by atoms with Gasteiger partial charge in [-0.2, -0.15) is 0 Å². The van der Waals surface area contributed by atoms with Gasteiger partial charge in [0.25, 0.3) is 17.7 Å². The molecule has 0 saturated carbocycles. The van der Waals surface area contributed by atoms with E-state index in [0.717, 1.165) is 60.0 Å². The number of nitrogens with one attached hydrogen (secondary N) is 1. The summed E-state index contributed by atoms with van der Waals surface area (Å²) >= 11 is 0. The molecule has 248 valence electrons. The third kappa shape index (κ3) is 5.55. The van der Waals surface area contributed by atoms with Gasteiger partial charge in [-0.15, -0.1) is 0 Å². The van der Waals surface area contributed by atoms with E-state index < -0.39 is 29.7 Å². The van der Waals surface area contributed by atoms with Gasteiger partial charge in [0.15, 0.2) is 0 Å². The third-order valence-electron chi connectivity index (χ3n) is 9.84. The molecule has 48 heavy (non-hydrogen) atoms. The minimum atomic E-state index is -0.990. The molecule has 2 saturated heterocycles.